The molecule has 0 fully saturated rings. The molecule has 0 radical (unpaired) electrons. The maximum Gasteiger partial charge on any atom is 0.328 e. The summed E-state index contributed by atoms with van der Waals surface area (Å²) in [6.45, 7) is 2.85. The Morgan fingerprint density at radius 3 is 2.60 bits per heavy atom. The second-order valence-corrected chi connectivity index (χ2v) is 7.24. The van der Waals surface area contributed by atoms with E-state index in [0.29, 0.717) is 0 Å². The molecule has 8 heteroatoms. The number of amides is 1. The fourth-order valence-electron chi connectivity index (χ4n) is 1.32. The van der Waals surface area contributed by atoms with Gasteiger partial charge in [0.05, 0.1) is 4.88 Å². The quantitative estimate of drug-likeness (QED) is 0.860. The van der Waals surface area contributed by atoms with E-state index in [1.165, 1.54) is 36.5 Å². The van der Waals surface area contributed by atoms with Gasteiger partial charge in [0.25, 0.3) is 5.91 Å². The lowest BCUT2D eigenvalue weighted by molar-refractivity contribution is -0.143. The number of aliphatic carboxylic acids is 1. The van der Waals surface area contributed by atoms with Crippen molar-refractivity contribution >= 4 is 50.5 Å². The van der Waals surface area contributed by atoms with Gasteiger partial charge >= 0.3 is 5.97 Å². The number of nitrogens with one attached hydrogen (secondary N) is 1. The van der Waals surface area contributed by atoms with E-state index in [2.05, 4.69) is 26.2 Å². The summed E-state index contributed by atoms with van der Waals surface area (Å²) >= 11 is 6.23. The molecule has 1 amide bonds. The maximum atomic E-state index is 12.0. The van der Waals surface area contributed by atoms with E-state index in [1.54, 1.807) is 5.38 Å². The molecule has 0 aliphatic rings. The molecule has 0 aliphatic heterocycles. The van der Waals surface area contributed by atoms with Gasteiger partial charge in [-0.15, -0.1) is 22.7 Å². The molecule has 2 aromatic heterocycles. The number of thiophene rings is 1. The van der Waals surface area contributed by atoms with Crippen LogP contribution in [0.15, 0.2) is 21.3 Å². The van der Waals surface area contributed by atoms with E-state index < -0.39 is 17.4 Å². The molecular formula is C12H11BrN2O3S2. The Kier molecular flexibility index (Phi) is 4.26. The van der Waals surface area contributed by atoms with Crippen molar-refractivity contribution in [1.82, 2.24) is 10.3 Å². The van der Waals surface area contributed by atoms with Crippen molar-refractivity contribution < 1.29 is 14.7 Å². The van der Waals surface area contributed by atoms with Crippen molar-refractivity contribution in [1.29, 1.82) is 0 Å². The lowest BCUT2D eigenvalue weighted by atomic mass is 10.1. The molecule has 0 bridgehead atoms. The Labute approximate surface area is 131 Å². The number of hydrogen-bond donors (Lipinski definition) is 2. The minimum atomic E-state index is -1.33. The first-order chi connectivity index (χ1) is 9.29. The first kappa shape index (κ1) is 15.1. The van der Waals surface area contributed by atoms with Gasteiger partial charge in [-0.05, 0) is 35.8 Å². The van der Waals surface area contributed by atoms with Gasteiger partial charge in [0.15, 0.2) is 0 Å². The molecule has 0 saturated carbocycles. The first-order valence-corrected chi connectivity index (χ1v) is 8.10. The SMILES string of the molecule is CC(C)(NC(=O)c1csc(-c2cc(Br)cs2)n1)C(=O)O. The molecule has 0 unspecified atom stereocenters. The molecule has 2 rings (SSSR count). The van der Waals surface area contributed by atoms with Crippen molar-refractivity contribution in [2.24, 2.45) is 0 Å². The van der Waals surface area contributed by atoms with Gasteiger partial charge < -0.3 is 10.4 Å². The molecule has 2 aromatic rings. The number of carbonyl (C=O) groups excluding carboxylic acids is 1. The van der Waals surface area contributed by atoms with E-state index in [-0.39, 0.29) is 5.69 Å². The third-order valence-corrected chi connectivity index (χ3v) is 5.18. The highest BCUT2D eigenvalue weighted by atomic mass is 79.9. The van der Waals surface area contributed by atoms with Crippen LogP contribution in [0, 0.1) is 0 Å². The van der Waals surface area contributed by atoms with Crippen molar-refractivity contribution in [3.8, 4) is 9.88 Å². The van der Waals surface area contributed by atoms with Crippen LogP contribution < -0.4 is 5.32 Å². The van der Waals surface area contributed by atoms with Gasteiger partial charge in [-0.25, -0.2) is 9.78 Å². The highest BCUT2D eigenvalue weighted by Gasteiger charge is 2.30. The molecule has 0 aromatic carbocycles. The molecule has 5 nitrogen and oxygen atoms in total. The van der Waals surface area contributed by atoms with Crippen LogP contribution in [0.25, 0.3) is 9.88 Å². The van der Waals surface area contributed by atoms with E-state index in [4.69, 9.17) is 5.11 Å². The molecule has 2 heterocycles. The molecule has 0 atom stereocenters. The number of carboxylic acids is 1. The van der Waals surface area contributed by atoms with E-state index in [9.17, 15) is 9.59 Å². The van der Waals surface area contributed by atoms with Crippen molar-refractivity contribution in [3.05, 3.63) is 27.0 Å². The van der Waals surface area contributed by atoms with Crippen molar-refractivity contribution in [3.63, 3.8) is 0 Å². The summed E-state index contributed by atoms with van der Waals surface area (Å²) in [6.07, 6.45) is 0. The molecule has 0 spiro atoms. The van der Waals surface area contributed by atoms with Crippen molar-refractivity contribution in [2.75, 3.05) is 0 Å². The van der Waals surface area contributed by atoms with Crippen LogP contribution >= 0.6 is 38.6 Å². The second kappa shape index (κ2) is 5.63. The normalized spacial score (nSPS) is 11.3. The number of thiazole rings is 1. The average Bonchev–Trinajstić information content (AvgIpc) is 2.96. The first-order valence-electron chi connectivity index (χ1n) is 5.55. The maximum absolute atomic E-state index is 12.0. The molecule has 20 heavy (non-hydrogen) atoms. The number of nitrogens with zero attached hydrogens (tertiary/aromatic N) is 1. The number of halogens is 1. The second-order valence-electron chi connectivity index (χ2n) is 4.55. The van der Waals surface area contributed by atoms with E-state index in [0.717, 1.165) is 14.4 Å². The lowest BCUT2D eigenvalue weighted by Crippen LogP contribution is -2.49. The Morgan fingerprint density at radius 1 is 1.35 bits per heavy atom. The predicted molar refractivity (Wildman–Crippen MR) is 82.3 cm³/mol. The number of carboxylic acid groups (broad SMARTS) is 1. The molecule has 0 aliphatic carbocycles. The Bertz CT molecular complexity index is 663. The van der Waals surface area contributed by atoms with Gasteiger partial charge in [-0.2, -0.15) is 0 Å². The summed E-state index contributed by atoms with van der Waals surface area (Å²) in [4.78, 5) is 28.2. The van der Waals surface area contributed by atoms with Gasteiger partial charge in [0.1, 0.15) is 16.2 Å². The van der Waals surface area contributed by atoms with Crippen LogP contribution in [0.4, 0.5) is 0 Å². The van der Waals surface area contributed by atoms with Crippen LogP contribution in [0.3, 0.4) is 0 Å². The third kappa shape index (κ3) is 3.25. The fraction of sp³-hybridized carbons (Fsp3) is 0.250. The van der Waals surface area contributed by atoms with Crippen LogP contribution in [-0.4, -0.2) is 27.5 Å². The minimum absolute atomic E-state index is 0.226. The van der Waals surface area contributed by atoms with Crippen LogP contribution in [0.1, 0.15) is 24.3 Å². The van der Waals surface area contributed by atoms with Gasteiger partial charge in [0.2, 0.25) is 0 Å². The van der Waals surface area contributed by atoms with E-state index >= 15 is 0 Å². The lowest BCUT2D eigenvalue weighted by Gasteiger charge is -2.20. The van der Waals surface area contributed by atoms with Gasteiger partial charge in [0, 0.05) is 15.2 Å². The molecule has 2 N–H and O–H groups in total. The van der Waals surface area contributed by atoms with Crippen LogP contribution in [0.2, 0.25) is 0 Å². The Morgan fingerprint density at radius 2 is 2.05 bits per heavy atom. The standard InChI is InChI=1S/C12H11BrN2O3S2/c1-12(2,11(17)18)15-9(16)7-5-20-10(14-7)8-3-6(13)4-19-8/h3-5H,1-2H3,(H,15,16)(H,17,18). The monoisotopic (exact) mass is 374 g/mol. The average molecular weight is 375 g/mol. The van der Waals surface area contributed by atoms with Gasteiger partial charge in [-0.3, -0.25) is 4.79 Å². The summed E-state index contributed by atoms with van der Waals surface area (Å²) in [5.41, 5.74) is -1.10. The summed E-state index contributed by atoms with van der Waals surface area (Å²) < 4.78 is 0.964. The summed E-state index contributed by atoms with van der Waals surface area (Å²) in [5.74, 6) is -1.58. The Balaban J connectivity index is 2.17. The number of carbonyl (C=O) groups is 2. The summed E-state index contributed by atoms with van der Waals surface area (Å²) in [7, 11) is 0. The predicted octanol–water partition coefficient (Wildman–Crippen LogP) is 3.23. The topological polar surface area (TPSA) is 79.3 Å². The van der Waals surface area contributed by atoms with Crippen LogP contribution in [0.5, 0.6) is 0 Å². The number of rotatable bonds is 4. The van der Waals surface area contributed by atoms with E-state index in [1.807, 2.05) is 11.4 Å². The summed E-state index contributed by atoms with van der Waals surface area (Å²) in [5, 5.41) is 15.7. The molecule has 0 saturated heterocycles. The number of aromatic nitrogens is 1. The van der Waals surface area contributed by atoms with Crippen molar-refractivity contribution in [2.45, 2.75) is 19.4 Å². The molecule has 106 valence electrons. The third-order valence-electron chi connectivity index (χ3n) is 2.48. The summed E-state index contributed by atoms with van der Waals surface area (Å²) in [6, 6.07) is 1.92. The Hall–Kier alpha value is -1.25. The molecular weight excluding hydrogens is 364 g/mol. The highest BCUT2D eigenvalue weighted by Crippen LogP contribution is 2.32. The zero-order chi connectivity index (χ0) is 14.9. The largest absolute Gasteiger partial charge is 0.480 e. The zero-order valence-corrected chi connectivity index (χ0v) is 13.9. The minimum Gasteiger partial charge on any atom is -0.480 e. The van der Waals surface area contributed by atoms with Crippen LogP contribution in [-0.2, 0) is 4.79 Å². The smallest absolute Gasteiger partial charge is 0.328 e. The number of hydrogen-bond acceptors (Lipinski definition) is 5. The highest BCUT2D eigenvalue weighted by molar-refractivity contribution is 9.10. The zero-order valence-electron chi connectivity index (χ0n) is 10.6. The van der Waals surface area contributed by atoms with Gasteiger partial charge in [-0.1, -0.05) is 0 Å². The fourth-order valence-corrected chi connectivity index (χ4v) is 3.63.